The molecule has 7 heteroatoms. The van der Waals surface area contributed by atoms with Crippen molar-refractivity contribution >= 4 is 40.7 Å². The lowest BCUT2D eigenvalue weighted by Gasteiger charge is -2.06. The molecule has 0 bridgehead atoms. The molecule has 0 atom stereocenters. The van der Waals surface area contributed by atoms with Crippen molar-refractivity contribution in [3.63, 3.8) is 0 Å². The molecule has 24 heavy (non-hydrogen) atoms. The van der Waals surface area contributed by atoms with Crippen LogP contribution in [0.25, 0.3) is 0 Å². The van der Waals surface area contributed by atoms with Crippen LogP contribution in [0, 0.1) is 13.8 Å². The van der Waals surface area contributed by atoms with Crippen molar-refractivity contribution in [2.24, 2.45) is 0 Å². The molecule has 1 aromatic heterocycles. The van der Waals surface area contributed by atoms with Gasteiger partial charge in [-0.05, 0) is 44.5 Å². The standard InChI is InChI=1S/C17H15Cl2NO4/c1-8-15(10(3)21)9(2)20-16(8)14(22)7-24-17(23)12-6-11(18)4-5-13(12)19/h4-6,20H,7H2,1-3H3. The van der Waals surface area contributed by atoms with Crippen molar-refractivity contribution in [2.45, 2.75) is 20.8 Å². The molecular weight excluding hydrogens is 353 g/mol. The van der Waals surface area contributed by atoms with Crippen LogP contribution in [0.4, 0.5) is 0 Å². The van der Waals surface area contributed by atoms with Crippen molar-refractivity contribution < 1.29 is 19.1 Å². The second kappa shape index (κ2) is 7.20. The van der Waals surface area contributed by atoms with Crippen molar-refractivity contribution in [2.75, 3.05) is 6.61 Å². The highest BCUT2D eigenvalue weighted by molar-refractivity contribution is 6.35. The fourth-order valence-corrected chi connectivity index (χ4v) is 2.86. The summed E-state index contributed by atoms with van der Waals surface area (Å²) in [4.78, 5) is 38.8. The van der Waals surface area contributed by atoms with Gasteiger partial charge in [0.15, 0.2) is 12.4 Å². The van der Waals surface area contributed by atoms with Gasteiger partial charge in [-0.2, -0.15) is 0 Å². The summed E-state index contributed by atoms with van der Waals surface area (Å²) in [6, 6.07) is 4.38. The number of aromatic amines is 1. The molecule has 0 fully saturated rings. The number of ether oxygens (including phenoxy) is 1. The first kappa shape index (κ1) is 18.2. The van der Waals surface area contributed by atoms with Crippen LogP contribution in [0.3, 0.4) is 0 Å². The van der Waals surface area contributed by atoms with E-state index in [1.165, 1.54) is 19.1 Å². The highest BCUT2D eigenvalue weighted by atomic mass is 35.5. The van der Waals surface area contributed by atoms with Crippen LogP contribution in [0.15, 0.2) is 18.2 Å². The molecule has 0 aliphatic heterocycles. The number of carbonyl (C=O) groups excluding carboxylic acids is 3. The van der Waals surface area contributed by atoms with Gasteiger partial charge in [0.05, 0.1) is 16.3 Å². The van der Waals surface area contributed by atoms with Crippen LogP contribution in [-0.4, -0.2) is 29.1 Å². The number of nitrogens with one attached hydrogen (secondary N) is 1. The minimum atomic E-state index is -0.747. The first-order valence-corrected chi connectivity index (χ1v) is 7.83. The fourth-order valence-electron chi connectivity index (χ4n) is 2.49. The Kier molecular flexibility index (Phi) is 5.47. The number of esters is 1. The Bertz CT molecular complexity index is 839. The molecule has 126 valence electrons. The lowest BCUT2D eigenvalue weighted by Crippen LogP contribution is -2.16. The maximum atomic E-state index is 12.3. The lowest BCUT2D eigenvalue weighted by atomic mass is 10.1. The Morgan fingerprint density at radius 2 is 1.83 bits per heavy atom. The number of benzene rings is 1. The normalized spacial score (nSPS) is 10.5. The smallest absolute Gasteiger partial charge is 0.340 e. The number of rotatable bonds is 5. The van der Waals surface area contributed by atoms with Gasteiger partial charge in [-0.25, -0.2) is 4.79 Å². The Labute approximate surface area is 148 Å². The number of ketones is 2. The van der Waals surface area contributed by atoms with E-state index in [2.05, 4.69) is 4.98 Å². The third kappa shape index (κ3) is 3.68. The predicted molar refractivity (Wildman–Crippen MR) is 91.3 cm³/mol. The van der Waals surface area contributed by atoms with Crippen LogP contribution >= 0.6 is 23.2 Å². The molecule has 2 rings (SSSR count). The van der Waals surface area contributed by atoms with Crippen LogP contribution in [-0.2, 0) is 4.74 Å². The molecule has 0 spiro atoms. The van der Waals surface area contributed by atoms with Gasteiger partial charge >= 0.3 is 5.97 Å². The average molecular weight is 368 g/mol. The van der Waals surface area contributed by atoms with Crippen LogP contribution in [0.2, 0.25) is 10.0 Å². The van der Waals surface area contributed by atoms with Gasteiger partial charge in [-0.3, -0.25) is 9.59 Å². The largest absolute Gasteiger partial charge is 0.454 e. The van der Waals surface area contributed by atoms with E-state index in [1.54, 1.807) is 19.9 Å². The molecule has 0 radical (unpaired) electrons. The zero-order valence-electron chi connectivity index (χ0n) is 13.3. The van der Waals surface area contributed by atoms with Crippen molar-refractivity contribution in [1.82, 2.24) is 4.98 Å². The molecule has 1 aromatic carbocycles. The van der Waals surface area contributed by atoms with Crippen LogP contribution < -0.4 is 0 Å². The van der Waals surface area contributed by atoms with E-state index >= 15 is 0 Å². The van der Waals surface area contributed by atoms with Crippen LogP contribution in [0.5, 0.6) is 0 Å². The summed E-state index contributed by atoms with van der Waals surface area (Å²) in [5, 5.41) is 0.516. The Hall–Kier alpha value is -2.11. The van der Waals surface area contributed by atoms with Gasteiger partial charge in [0, 0.05) is 16.3 Å². The van der Waals surface area contributed by atoms with E-state index in [0.717, 1.165) is 0 Å². The zero-order valence-corrected chi connectivity index (χ0v) is 14.8. The lowest BCUT2D eigenvalue weighted by molar-refractivity contribution is 0.0473. The summed E-state index contributed by atoms with van der Waals surface area (Å²) in [6.45, 7) is 4.33. The molecule has 0 saturated heterocycles. The molecule has 0 saturated carbocycles. The molecular formula is C17H15Cl2NO4. The summed E-state index contributed by atoms with van der Waals surface area (Å²) in [7, 11) is 0. The third-order valence-corrected chi connectivity index (χ3v) is 4.12. The van der Waals surface area contributed by atoms with Gasteiger partial charge in [0.2, 0.25) is 5.78 Å². The molecule has 0 aliphatic carbocycles. The maximum absolute atomic E-state index is 12.3. The number of aryl methyl sites for hydroxylation is 1. The first-order chi connectivity index (χ1) is 11.2. The van der Waals surface area contributed by atoms with E-state index in [0.29, 0.717) is 21.8 Å². The summed E-state index contributed by atoms with van der Waals surface area (Å²) in [5.74, 6) is -1.32. The molecule has 5 nitrogen and oxygen atoms in total. The van der Waals surface area contributed by atoms with E-state index in [9.17, 15) is 14.4 Å². The molecule has 1 heterocycles. The molecule has 2 aromatic rings. The summed E-state index contributed by atoms with van der Waals surface area (Å²) >= 11 is 11.7. The van der Waals surface area contributed by atoms with E-state index in [1.807, 2.05) is 0 Å². The van der Waals surface area contributed by atoms with Gasteiger partial charge in [0.25, 0.3) is 0 Å². The number of halogens is 2. The zero-order chi connectivity index (χ0) is 18.0. The van der Waals surface area contributed by atoms with Crippen LogP contribution in [0.1, 0.15) is 49.4 Å². The average Bonchev–Trinajstić information content (AvgIpc) is 2.81. The molecule has 0 amide bonds. The number of hydrogen-bond donors (Lipinski definition) is 1. The Morgan fingerprint density at radius 1 is 1.17 bits per heavy atom. The number of Topliss-reactive ketones (excluding diaryl/α,β-unsaturated/α-hetero) is 2. The molecule has 0 aliphatic rings. The number of aromatic nitrogens is 1. The van der Waals surface area contributed by atoms with E-state index < -0.39 is 18.4 Å². The minimum Gasteiger partial charge on any atom is -0.454 e. The van der Waals surface area contributed by atoms with Gasteiger partial charge in [-0.1, -0.05) is 23.2 Å². The SMILES string of the molecule is CC(=O)c1c(C)[nH]c(C(=O)COC(=O)c2cc(Cl)ccc2Cl)c1C. The Morgan fingerprint density at radius 3 is 2.42 bits per heavy atom. The molecule has 1 N–H and O–H groups in total. The van der Waals surface area contributed by atoms with Gasteiger partial charge in [-0.15, -0.1) is 0 Å². The monoisotopic (exact) mass is 367 g/mol. The fraction of sp³-hybridized carbons (Fsp3) is 0.235. The van der Waals surface area contributed by atoms with Gasteiger partial charge < -0.3 is 9.72 Å². The third-order valence-electron chi connectivity index (χ3n) is 3.55. The first-order valence-electron chi connectivity index (χ1n) is 7.07. The Balaban J connectivity index is 2.14. The van der Waals surface area contributed by atoms with Crippen molar-refractivity contribution in [1.29, 1.82) is 0 Å². The second-order valence-electron chi connectivity index (χ2n) is 5.30. The van der Waals surface area contributed by atoms with Crippen molar-refractivity contribution in [3.05, 3.63) is 56.3 Å². The van der Waals surface area contributed by atoms with Crippen molar-refractivity contribution in [3.8, 4) is 0 Å². The van der Waals surface area contributed by atoms with E-state index in [4.69, 9.17) is 27.9 Å². The number of hydrogen-bond acceptors (Lipinski definition) is 4. The summed E-state index contributed by atoms with van der Waals surface area (Å²) < 4.78 is 5.01. The van der Waals surface area contributed by atoms with Gasteiger partial charge in [0.1, 0.15) is 0 Å². The molecule has 0 unspecified atom stereocenters. The minimum absolute atomic E-state index is 0.0841. The van der Waals surface area contributed by atoms with E-state index in [-0.39, 0.29) is 22.1 Å². The predicted octanol–water partition coefficient (Wildman–Crippen LogP) is 4.18. The quantitative estimate of drug-likeness (QED) is 0.635. The highest BCUT2D eigenvalue weighted by Crippen LogP contribution is 2.22. The summed E-state index contributed by atoms with van der Waals surface area (Å²) in [6.07, 6.45) is 0. The number of carbonyl (C=O) groups is 3. The maximum Gasteiger partial charge on any atom is 0.340 e. The summed E-state index contributed by atoms with van der Waals surface area (Å²) in [5.41, 5.74) is 1.96. The topological polar surface area (TPSA) is 76.2 Å². The second-order valence-corrected chi connectivity index (χ2v) is 6.15. The number of H-pyrrole nitrogens is 1. The highest BCUT2D eigenvalue weighted by Gasteiger charge is 2.21.